The first-order valence-corrected chi connectivity index (χ1v) is 10.7. The molecule has 2 aromatic rings. The fourth-order valence-electron chi connectivity index (χ4n) is 4.78. The van der Waals surface area contributed by atoms with Gasteiger partial charge in [-0.2, -0.15) is 0 Å². The molecule has 1 atom stereocenters. The predicted octanol–water partition coefficient (Wildman–Crippen LogP) is 4.98. The third-order valence-electron chi connectivity index (χ3n) is 6.65. The second kappa shape index (κ2) is 7.27. The number of carbonyl (C=O) groups excluding carboxylic acids is 1. The van der Waals surface area contributed by atoms with E-state index >= 15 is 0 Å². The topological polar surface area (TPSA) is 29.5 Å². The molecule has 5 rings (SSSR count). The number of carbonyl (C=O) groups is 1. The minimum atomic E-state index is 0.123. The van der Waals surface area contributed by atoms with E-state index in [4.69, 9.17) is 4.74 Å². The summed E-state index contributed by atoms with van der Waals surface area (Å²) in [5.41, 5.74) is 5.19. The molecule has 3 heteroatoms. The van der Waals surface area contributed by atoms with E-state index in [2.05, 4.69) is 48.2 Å². The Balaban J connectivity index is 1.24. The highest BCUT2D eigenvalue weighted by molar-refractivity contribution is 5.81. The maximum absolute atomic E-state index is 12.3. The largest absolute Gasteiger partial charge is 0.485 e. The Labute approximate surface area is 167 Å². The average molecular weight is 375 g/mol. The normalized spacial score (nSPS) is 22.2. The van der Waals surface area contributed by atoms with Gasteiger partial charge in [-0.3, -0.25) is 4.79 Å². The third-order valence-corrected chi connectivity index (χ3v) is 6.65. The number of nitrogens with zero attached hydrogens (tertiary/aromatic N) is 1. The van der Waals surface area contributed by atoms with Crippen LogP contribution in [0.5, 0.6) is 5.75 Å². The summed E-state index contributed by atoms with van der Waals surface area (Å²) in [6, 6.07) is 16.3. The van der Waals surface area contributed by atoms with Crippen LogP contribution in [0.4, 0.5) is 0 Å². The smallest absolute Gasteiger partial charge is 0.225 e. The van der Waals surface area contributed by atoms with E-state index in [1.165, 1.54) is 22.3 Å². The second-order valence-corrected chi connectivity index (χ2v) is 8.65. The molecule has 1 unspecified atom stereocenters. The van der Waals surface area contributed by atoms with Crippen LogP contribution in [0.15, 0.2) is 36.4 Å². The molecule has 2 aromatic carbocycles. The number of hydrogen-bond donors (Lipinski definition) is 0. The van der Waals surface area contributed by atoms with Gasteiger partial charge >= 0.3 is 0 Å². The summed E-state index contributed by atoms with van der Waals surface area (Å²) in [5.74, 6) is 2.27. The van der Waals surface area contributed by atoms with Gasteiger partial charge in [0.2, 0.25) is 5.91 Å². The number of aryl methyl sites for hydroxylation is 2. The summed E-state index contributed by atoms with van der Waals surface area (Å²) in [4.78, 5) is 14.4. The first kappa shape index (κ1) is 17.8. The van der Waals surface area contributed by atoms with E-state index in [9.17, 15) is 4.79 Å². The molecule has 3 aliphatic rings. The maximum Gasteiger partial charge on any atom is 0.225 e. The van der Waals surface area contributed by atoms with E-state index in [1.54, 1.807) is 0 Å². The van der Waals surface area contributed by atoms with Crippen molar-refractivity contribution in [2.45, 2.75) is 57.5 Å². The van der Waals surface area contributed by atoms with Gasteiger partial charge in [-0.1, -0.05) is 30.3 Å². The van der Waals surface area contributed by atoms with Crippen LogP contribution in [0.3, 0.4) is 0 Å². The van der Waals surface area contributed by atoms with Gasteiger partial charge in [-0.25, -0.2) is 0 Å². The number of ether oxygens (including phenoxy) is 1. The van der Waals surface area contributed by atoms with Crippen molar-refractivity contribution in [1.82, 2.24) is 4.90 Å². The first-order chi connectivity index (χ1) is 13.7. The van der Waals surface area contributed by atoms with Crippen molar-refractivity contribution in [2.75, 3.05) is 13.1 Å². The van der Waals surface area contributed by atoms with E-state index in [1.807, 2.05) is 6.07 Å². The molecule has 0 aromatic heterocycles. The van der Waals surface area contributed by atoms with Crippen LogP contribution >= 0.6 is 0 Å². The van der Waals surface area contributed by atoms with E-state index < -0.39 is 0 Å². The van der Waals surface area contributed by atoms with Gasteiger partial charge in [-0.05, 0) is 80.2 Å². The van der Waals surface area contributed by atoms with E-state index in [0.29, 0.717) is 17.7 Å². The minimum Gasteiger partial charge on any atom is -0.485 e. The molecule has 145 valence electrons. The monoisotopic (exact) mass is 374 g/mol. The number of piperidine rings is 1. The molecule has 1 saturated carbocycles. The van der Waals surface area contributed by atoms with Crippen LogP contribution in [0.25, 0.3) is 0 Å². The lowest BCUT2D eigenvalue weighted by Gasteiger charge is -2.32. The molecule has 1 radical (unpaired) electrons. The van der Waals surface area contributed by atoms with Gasteiger partial charge in [-0.15, -0.1) is 0 Å². The number of fused-ring (bicyclic) bond motifs is 1. The number of likely N-dealkylation sites (tertiary alicyclic amines) is 1. The fraction of sp³-hybridized carbons (Fsp3) is 0.480. The van der Waals surface area contributed by atoms with Gasteiger partial charge in [0.15, 0.2) is 0 Å². The van der Waals surface area contributed by atoms with Crippen LogP contribution in [0, 0.1) is 18.9 Å². The summed E-state index contributed by atoms with van der Waals surface area (Å²) < 4.78 is 6.37. The predicted molar refractivity (Wildman–Crippen MR) is 109 cm³/mol. The van der Waals surface area contributed by atoms with Gasteiger partial charge in [0.1, 0.15) is 11.9 Å². The Kier molecular flexibility index (Phi) is 4.62. The van der Waals surface area contributed by atoms with Crippen LogP contribution in [0.1, 0.15) is 66.4 Å². The lowest BCUT2D eigenvalue weighted by atomic mass is 9.88. The lowest BCUT2D eigenvalue weighted by molar-refractivity contribution is -0.133. The number of benzene rings is 2. The average Bonchev–Trinajstić information content (AvgIpc) is 3.51. The molecule has 1 saturated heterocycles. The van der Waals surface area contributed by atoms with Crippen LogP contribution in [-0.4, -0.2) is 23.9 Å². The standard InChI is InChI=1S/C25H28NO2/c1-17-16-21(18-12-14-26(15-13-18)25(27)20-6-7-20)9-10-23(17)28-24-11-8-19-4-2-3-5-22(19)24/h2-4,9-10,16,18,20,24H,6-8,11-15H2,1H3. The highest BCUT2D eigenvalue weighted by Crippen LogP contribution is 2.38. The quantitative estimate of drug-likeness (QED) is 0.755. The molecule has 28 heavy (non-hydrogen) atoms. The summed E-state index contributed by atoms with van der Waals surface area (Å²) in [6.07, 6.45) is 6.58. The zero-order valence-corrected chi connectivity index (χ0v) is 16.6. The van der Waals surface area contributed by atoms with Crippen LogP contribution < -0.4 is 4.74 Å². The molecule has 1 aliphatic heterocycles. The zero-order chi connectivity index (χ0) is 19.1. The summed E-state index contributed by atoms with van der Waals surface area (Å²) in [5, 5.41) is 0. The Morgan fingerprint density at radius 3 is 2.68 bits per heavy atom. The molecular weight excluding hydrogens is 346 g/mol. The summed E-state index contributed by atoms with van der Waals surface area (Å²) >= 11 is 0. The minimum absolute atomic E-state index is 0.123. The van der Waals surface area contributed by atoms with Crippen molar-refractivity contribution >= 4 is 5.91 Å². The highest BCUT2D eigenvalue weighted by Gasteiger charge is 2.35. The summed E-state index contributed by atoms with van der Waals surface area (Å²) in [7, 11) is 0. The van der Waals surface area contributed by atoms with Crippen molar-refractivity contribution in [3.8, 4) is 5.75 Å². The molecule has 3 nitrogen and oxygen atoms in total. The van der Waals surface area contributed by atoms with E-state index in [0.717, 1.165) is 57.4 Å². The molecule has 2 aliphatic carbocycles. The Morgan fingerprint density at radius 1 is 1.11 bits per heavy atom. The zero-order valence-electron chi connectivity index (χ0n) is 16.6. The molecule has 0 bridgehead atoms. The number of hydrogen-bond acceptors (Lipinski definition) is 2. The fourth-order valence-corrected chi connectivity index (χ4v) is 4.78. The molecule has 2 fully saturated rings. The van der Waals surface area contributed by atoms with E-state index in [-0.39, 0.29) is 6.10 Å². The molecule has 1 amide bonds. The summed E-state index contributed by atoms with van der Waals surface area (Å²) in [6.45, 7) is 3.97. The first-order valence-electron chi connectivity index (χ1n) is 10.7. The van der Waals surface area contributed by atoms with Crippen molar-refractivity contribution in [3.05, 3.63) is 64.7 Å². The Morgan fingerprint density at radius 2 is 1.93 bits per heavy atom. The number of amides is 1. The maximum atomic E-state index is 12.3. The Hall–Kier alpha value is -2.29. The SMILES string of the molecule is Cc1cc(C2CCN(C(=O)C3CC3)CC2)ccc1OC1CCc2ccc[c]c21. The van der Waals surface area contributed by atoms with Crippen LogP contribution in [-0.2, 0) is 11.2 Å². The van der Waals surface area contributed by atoms with Crippen molar-refractivity contribution in [2.24, 2.45) is 5.92 Å². The molecular formula is C25H28NO2. The van der Waals surface area contributed by atoms with Gasteiger partial charge in [0.25, 0.3) is 0 Å². The van der Waals surface area contributed by atoms with Gasteiger partial charge in [0.05, 0.1) is 0 Å². The van der Waals surface area contributed by atoms with Gasteiger partial charge in [0, 0.05) is 24.6 Å². The van der Waals surface area contributed by atoms with Crippen LogP contribution in [0.2, 0.25) is 0 Å². The second-order valence-electron chi connectivity index (χ2n) is 8.65. The number of rotatable bonds is 4. The molecule has 0 N–H and O–H groups in total. The van der Waals surface area contributed by atoms with Crippen molar-refractivity contribution in [3.63, 3.8) is 0 Å². The molecule has 0 spiro atoms. The highest BCUT2D eigenvalue weighted by atomic mass is 16.5. The van der Waals surface area contributed by atoms with Crippen molar-refractivity contribution in [1.29, 1.82) is 0 Å². The Bertz CT molecular complexity index is 878. The lowest BCUT2D eigenvalue weighted by Crippen LogP contribution is -2.38. The van der Waals surface area contributed by atoms with Gasteiger partial charge < -0.3 is 9.64 Å². The van der Waals surface area contributed by atoms with Crippen molar-refractivity contribution < 1.29 is 9.53 Å². The molecule has 1 heterocycles. The third kappa shape index (κ3) is 3.43.